The van der Waals surface area contributed by atoms with Crippen molar-refractivity contribution in [3.63, 3.8) is 0 Å². The highest BCUT2D eigenvalue weighted by atomic mass is 32.1. The van der Waals surface area contributed by atoms with Crippen LogP contribution in [0.25, 0.3) is 0 Å². The van der Waals surface area contributed by atoms with Crippen LogP contribution in [-0.4, -0.2) is 10.5 Å². The smallest absolute Gasteiger partial charge is 0.106 e. The van der Waals surface area contributed by atoms with Crippen molar-refractivity contribution in [1.82, 2.24) is 10.3 Å². The normalized spacial score (nSPS) is 19.6. The van der Waals surface area contributed by atoms with Gasteiger partial charge in [-0.2, -0.15) is 0 Å². The van der Waals surface area contributed by atoms with E-state index < -0.39 is 0 Å². The van der Waals surface area contributed by atoms with E-state index in [1.54, 1.807) is 11.3 Å². The third-order valence-corrected chi connectivity index (χ3v) is 4.10. The van der Waals surface area contributed by atoms with Gasteiger partial charge in [0, 0.05) is 24.0 Å². The fourth-order valence-electron chi connectivity index (χ4n) is 2.16. The van der Waals surface area contributed by atoms with Gasteiger partial charge in [-0.05, 0) is 19.8 Å². The van der Waals surface area contributed by atoms with Crippen molar-refractivity contribution >= 4 is 11.3 Å². The molecule has 1 aromatic heterocycles. The Bertz CT molecular complexity index is 315. The Morgan fingerprint density at radius 2 is 2.27 bits per heavy atom. The molecule has 1 fully saturated rings. The molecule has 3 nitrogen and oxygen atoms in total. The molecule has 0 spiro atoms. The van der Waals surface area contributed by atoms with Crippen LogP contribution in [0.2, 0.25) is 0 Å². The zero-order valence-corrected chi connectivity index (χ0v) is 10.1. The van der Waals surface area contributed by atoms with Gasteiger partial charge in [0.2, 0.25) is 0 Å². The third kappa shape index (κ3) is 2.77. The van der Waals surface area contributed by atoms with Crippen LogP contribution in [0.1, 0.15) is 43.3 Å². The summed E-state index contributed by atoms with van der Waals surface area (Å²) in [5.41, 5.74) is 7.01. The highest BCUT2D eigenvalue weighted by Gasteiger charge is 2.27. The number of hydrogen-bond acceptors (Lipinski definition) is 4. The second-order valence-electron chi connectivity index (χ2n) is 4.56. The quantitative estimate of drug-likeness (QED) is 0.824. The summed E-state index contributed by atoms with van der Waals surface area (Å²) >= 11 is 1.65. The number of rotatable bonds is 4. The summed E-state index contributed by atoms with van der Waals surface area (Å²) < 4.78 is 0. The summed E-state index contributed by atoms with van der Waals surface area (Å²) in [5.74, 6) is 0. The van der Waals surface area contributed by atoms with Gasteiger partial charge in [0.1, 0.15) is 5.01 Å². The van der Waals surface area contributed by atoms with E-state index in [1.165, 1.54) is 25.7 Å². The SMILES string of the molecule is CC1(NCc2csc(CN)n2)CCCC1. The monoisotopic (exact) mass is 225 g/mol. The fraction of sp³-hybridized carbons (Fsp3) is 0.727. The van der Waals surface area contributed by atoms with Crippen LogP contribution >= 0.6 is 11.3 Å². The fourth-order valence-corrected chi connectivity index (χ4v) is 2.83. The number of nitrogens with zero attached hydrogens (tertiary/aromatic N) is 1. The molecule has 0 atom stereocenters. The summed E-state index contributed by atoms with van der Waals surface area (Å²) in [6.07, 6.45) is 5.30. The van der Waals surface area contributed by atoms with Crippen molar-refractivity contribution in [2.24, 2.45) is 5.73 Å². The van der Waals surface area contributed by atoms with Crippen LogP contribution in [-0.2, 0) is 13.1 Å². The molecule has 1 aliphatic rings. The number of aromatic nitrogens is 1. The van der Waals surface area contributed by atoms with E-state index in [1.807, 2.05) is 0 Å². The van der Waals surface area contributed by atoms with Crippen molar-refractivity contribution in [2.75, 3.05) is 0 Å². The van der Waals surface area contributed by atoms with Gasteiger partial charge in [-0.1, -0.05) is 12.8 Å². The first-order chi connectivity index (χ1) is 7.22. The van der Waals surface area contributed by atoms with Crippen molar-refractivity contribution in [1.29, 1.82) is 0 Å². The molecule has 0 aliphatic heterocycles. The number of nitrogens with one attached hydrogen (secondary N) is 1. The Kier molecular flexibility index (Phi) is 3.38. The van der Waals surface area contributed by atoms with Crippen LogP contribution in [0.5, 0.6) is 0 Å². The predicted molar refractivity (Wildman–Crippen MR) is 63.7 cm³/mol. The molecule has 2 rings (SSSR count). The van der Waals surface area contributed by atoms with Gasteiger partial charge in [-0.15, -0.1) is 11.3 Å². The lowest BCUT2D eigenvalue weighted by molar-refractivity contribution is 0.361. The molecule has 1 heterocycles. The molecule has 1 aromatic rings. The van der Waals surface area contributed by atoms with Gasteiger partial charge in [0.05, 0.1) is 5.69 Å². The van der Waals surface area contributed by atoms with Crippen LogP contribution in [0.4, 0.5) is 0 Å². The Hall–Kier alpha value is -0.450. The molecule has 0 saturated heterocycles. The minimum atomic E-state index is 0.340. The molecule has 1 saturated carbocycles. The summed E-state index contributed by atoms with van der Waals surface area (Å²) in [7, 11) is 0. The van der Waals surface area contributed by atoms with Crippen LogP contribution in [0.3, 0.4) is 0 Å². The zero-order chi connectivity index (χ0) is 10.7. The van der Waals surface area contributed by atoms with Crippen molar-refractivity contribution in [2.45, 2.75) is 51.2 Å². The molecular weight excluding hydrogens is 206 g/mol. The molecule has 3 N–H and O–H groups in total. The third-order valence-electron chi connectivity index (χ3n) is 3.18. The minimum absolute atomic E-state index is 0.340. The van der Waals surface area contributed by atoms with E-state index in [-0.39, 0.29) is 0 Å². The van der Waals surface area contributed by atoms with Crippen LogP contribution in [0.15, 0.2) is 5.38 Å². The molecule has 1 aliphatic carbocycles. The molecule has 4 heteroatoms. The first kappa shape index (κ1) is 11.0. The molecule has 15 heavy (non-hydrogen) atoms. The topological polar surface area (TPSA) is 50.9 Å². The Balaban J connectivity index is 1.87. The van der Waals surface area contributed by atoms with Gasteiger partial charge in [0.15, 0.2) is 0 Å². The molecule has 0 amide bonds. The maximum atomic E-state index is 5.53. The Morgan fingerprint density at radius 1 is 1.53 bits per heavy atom. The van der Waals surface area contributed by atoms with Crippen molar-refractivity contribution in [3.05, 3.63) is 16.1 Å². The zero-order valence-electron chi connectivity index (χ0n) is 9.25. The second-order valence-corrected chi connectivity index (χ2v) is 5.50. The van der Waals surface area contributed by atoms with E-state index >= 15 is 0 Å². The van der Waals surface area contributed by atoms with Crippen LogP contribution in [0, 0.1) is 0 Å². The van der Waals surface area contributed by atoms with Gasteiger partial charge in [-0.25, -0.2) is 4.98 Å². The summed E-state index contributed by atoms with van der Waals surface area (Å²) in [6, 6.07) is 0. The second kappa shape index (κ2) is 4.60. The summed E-state index contributed by atoms with van der Waals surface area (Å²) in [5, 5.41) is 6.75. The van der Waals surface area contributed by atoms with E-state index in [4.69, 9.17) is 5.73 Å². The van der Waals surface area contributed by atoms with Crippen molar-refractivity contribution < 1.29 is 0 Å². The van der Waals surface area contributed by atoms with Gasteiger partial charge in [-0.3, -0.25) is 0 Å². The minimum Gasteiger partial charge on any atom is -0.325 e. The molecule has 0 unspecified atom stereocenters. The highest BCUT2D eigenvalue weighted by molar-refractivity contribution is 7.09. The standard InChI is InChI=1S/C11H19N3S/c1-11(4-2-3-5-11)13-7-9-8-15-10(6-12)14-9/h8,13H,2-7,12H2,1H3. The van der Waals surface area contributed by atoms with E-state index in [0.29, 0.717) is 12.1 Å². The maximum absolute atomic E-state index is 5.53. The lowest BCUT2D eigenvalue weighted by Crippen LogP contribution is -2.38. The number of thiazole rings is 1. The first-order valence-corrected chi connectivity index (χ1v) is 6.48. The lowest BCUT2D eigenvalue weighted by Gasteiger charge is -2.24. The molecule has 0 aromatic carbocycles. The summed E-state index contributed by atoms with van der Waals surface area (Å²) in [6.45, 7) is 3.76. The molecule has 84 valence electrons. The first-order valence-electron chi connectivity index (χ1n) is 5.60. The number of nitrogens with two attached hydrogens (primary N) is 1. The average Bonchev–Trinajstić information content (AvgIpc) is 2.84. The largest absolute Gasteiger partial charge is 0.325 e. The van der Waals surface area contributed by atoms with Crippen LogP contribution < -0.4 is 11.1 Å². The molecule has 0 bridgehead atoms. The van der Waals surface area contributed by atoms with Gasteiger partial charge >= 0.3 is 0 Å². The Labute approximate surface area is 95.1 Å². The van der Waals surface area contributed by atoms with Gasteiger partial charge < -0.3 is 11.1 Å². The number of hydrogen-bond donors (Lipinski definition) is 2. The van der Waals surface area contributed by atoms with E-state index in [9.17, 15) is 0 Å². The Morgan fingerprint density at radius 3 is 2.87 bits per heavy atom. The van der Waals surface area contributed by atoms with Gasteiger partial charge in [0.25, 0.3) is 0 Å². The summed E-state index contributed by atoms with van der Waals surface area (Å²) in [4.78, 5) is 4.45. The highest BCUT2D eigenvalue weighted by Crippen LogP contribution is 2.29. The maximum Gasteiger partial charge on any atom is 0.106 e. The van der Waals surface area contributed by atoms with E-state index in [2.05, 4.69) is 22.6 Å². The lowest BCUT2D eigenvalue weighted by atomic mass is 10.0. The average molecular weight is 225 g/mol. The molecular formula is C11H19N3S. The predicted octanol–water partition coefficient (Wildman–Crippen LogP) is 2.02. The van der Waals surface area contributed by atoms with E-state index in [0.717, 1.165) is 17.2 Å². The molecule has 0 radical (unpaired) electrons. The van der Waals surface area contributed by atoms with Crippen molar-refractivity contribution in [3.8, 4) is 0 Å².